The van der Waals surface area contributed by atoms with E-state index in [2.05, 4.69) is 16.4 Å². The molecule has 3 heteroatoms. The van der Waals surface area contributed by atoms with E-state index in [4.69, 9.17) is 0 Å². The van der Waals surface area contributed by atoms with Crippen molar-refractivity contribution in [2.45, 2.75) is 46.0 Å². The molecule has 0 spiro atoms. The first-order valence-electron chi connectivity index (χ1n) is 7.92. The second-order valence-corrected chi connectivity index (χ2v) is 5.74. The minimum atomic E-state index is 0.110. The Morgan fingerprint density at radius 2 is 1.82 bits per heavy atom. The number of pyridine rings is 1. The lowest BCUT2D eigenvalue weighted by molar-refractivity contribution is -0.116. The van der Waals surface area contributed by atoms with Crippen molar-refractivity contribution in [3.05, 3.63) is 59.4 Å². The van der Waals surface area contributed by atoms with Crippen LogP contribution in [0, 0.1) is 13.8 Å². The molecule has 0 radical (unpaired) electrons. The van der Waals surface area contributed by atoms with E-state index < -0.39 is 0 Å². The predicted octanol–water partition coefficient (Wildman–Crippen LogP) is 4.44. The first-order chi connectivity index (χ1) is 10.7. The van der Waals surface area contributed by atoms with Crippen LogP contribution in [-0.4, -0.2) is 10.9 Å². The highest BCUT2D eigenvalue weighted by atomic mass is 16.1. The number of hydrogen-bond acceptors (Lipinski definition) is 2. The third-order valence-electron chi connectivity index (χ3n) is 3.84. The molecule has 0 fully saturated rings. The minimum absolute atomic E-state index is 0.110. The molecule has 1 heterocycles. The minimum Gasteiger partial charge on any atom is -0.326 e. The SMILES string of the molecule is Cc1cccc(C)c1NC(=O)CCCCCc1cccnc1. The van der Waals surface area contributed by atoms with E-state index in [1.165, 1.54) is 5.56 Å². The van der Waals surface area contributed by atoms with Crippen LogP contribution < -0.4 is 5.32 Å². The molecule has 0 saturated carbocycles. The van der Waals surface area contributed by atoms with Gasteiger partial charge in [-0.1, -0.05) is 30.7 Å². The monoisotopic (exact) mass is 296 g/mol. The quantitative estimate of drug-likeness (QED) is 0.767. The Labute approximate surface area is 132 Å². The number of para-hydroxylation sites is 1. The Kier molecular flexibility index (Phi) is 6.13. The van der Waals surface area contributed by atoms with E-state index >= 15 is 0 Å². The Hall–Kier alpha value is -2.16. The zero-order valence-corrected chi connectivity index (χ0v) is 13.4. The maximum absolute atomic E-state index is 12.0. The van der Waals surface area contributed by atoms with Gasteiger partial charge in [0, 0.05) is 24.5 Å². The lowest BCUT2D eigenvalue weighted by Gasteiger charge is -2.11. The standard InChI is InChI=1S/C19H24N2O/c1-15-8-6-9-16(2)19(15)21-18(22)12-5-3-4-10-17-11-7-13-20-14-17/h6-9,11,13-14H,3-5,10,12H2,1-2H3,(H,21,22). The zero-order chi connectivity index (χ0) is 15.8. The number of benzene rings is 1. The van der Waals surface area contributed by atoms with Crippen molar-refractivity contribution in [2.75, 3.05) is 5.32 Å². The Morgan fingerprint density at radius 1 is 1.05 bits per heavy atom. The predicted molar refractivity (Wildman–Crippen MR) is 91.0 cm³/mol. The van der Waals surface area contributed by atoms with Gasteiger partial charge in [0.05, 0.1) is 0 Å². The average Bonchev–Trinajstić information content (AvgIpc) is 2.52. The number of carbonyl (C=O) groups is 1. The van der Waals surface area contributed by atoms with Gasteiger partial charge < -0.3 is 5.32 Å². The molecule has 2 aromatic rings. The topological polar surface area (TPSA) is 42.0 Å². The summed E-state index contributed by atoms with van der Waals surface area (Å²) >= 11 is 0. The highest BCUT2D eigenvalue weighted by Crippen LogP contribution is 2.19. The van der Waals surface area contributed by atoms with Crippen LogP contribution in [0.3, 0.4) is 0 Å². The smallest absolute Gasteiger partial charge is 0.224 e. The molecular formula is C19H24N2O. The van der Waals surface area contributed by atoms with Gasteiger partial charge in [-0.2, -0.15) is 0 Å². The van der Waals surface area contributed by atoms with Crippen LogP contribution in [0.15, 0.2) is 42.7 Å². The van der Waals surface area contributed by atoms with Crippen molar-refractivity contribution in [2.24, 2.45) is 0 Å². The Balaban J connectivity index is 1.68. The maximum Gasteiger partial charge on any atom is 0.224 e. The fraction of sp³-hybridized carbons (Fsp3) is 0.368. The highest BCUT2D eigenvalue weighted by Gasteiger charge is 2.06. The molecular weight excluding hydrogens is 272 g/mol. The second-order valence-electron chi connectivity index (χ2n) is 5.74. The molecule has 22 heavy (non-hydrogen) atoms. The normalized spacial score (nSPS) is 10.5. The van der Waals surface area contributed by atoms with E-state index in [0.717, 1.165) is 42.5 Å². The molecule has 0 aliphatic carbocycles. The van der Waals surface area contributed by atoms with Crippen molar-refractivity contribution in [1.29, 1.82) is 0 Å². The number of carbonyl (C=O) groups excluding carboxylic acids is 1. The molecule has 0 saturated heterocycles. The van der Waals surface area contributed by atoms with E-state index in [9.17, 15) is 4.79 Å². The number of aromatic nitrogens is 1. The zero-order valence-electron chi connectivity index (χ0n) is 13.4. The van der Waals surface area contributed by atoms with Gasteiger partial charge in [0.25, 0.3) is 0 Å². The van der Waals surface area contributed by atoms with Gasteiger partial charge >= 0.3 is 0 Å². The number of nitrogens with one attached hydrogen (secondary N) is 1. The van der Waals surface area contributed by atoms with Gasteiger partial charge in [0.2, 0.25) is 5.91 Å². The number of nitrogens with zero attached hydrogens (tertiary/aromatic N) is 1. The molecule has 0 unspecified atom stereocenters. The van der Waals surface area contributed by atoms with Gasteiger partial charge in [-0.3, -0.25) is 9.78 Å². The molecule has 1 amide bonds. The summed E-state index contributed by atoms with van der Waals surface area (Å²) in [5.74, 6) is 0.110. The summed E-state index contributed by atoms with van der Waals surface area (Å²) in [6, 6.07) is 10.1. The van der Waals surface area contributed by atoms with Crippen LogP contribution in [-0.2, 0) is 11.2 Å². The van der Waals surface area contributed by atoms with E-state index in [-0.39, 0.29) is 5.91 Å². The van der Waals surface area contributed by atoms with E-state index in [1.807, 2.05) is 44.3 Å². The van der Waals surface area contributed by atoms with Crippen LogP contribution in [0.2, 0.25) is 0 Å². The highest BCUT2D eigenvalue weighted by molar-refractivity contribution is 5.92. The summed E-state index contributed by atoms with van der Waals surface area (Å²) in [7, 11) is 0. The van der Waals surface area contributed by atoms with Crippen molar-refractivity contribution < 1.29 is 4.79 Å². The number of rotatable bonds is 7. The summed E-state index contributed by atoms with van der Waals surface area (Å²) < 4.78 is 0. The van der Waals surface area contributed by atoms with Crippen molar-refractivity contribution >= 4 is 11.6 Å². The van der Waals surface area contributed by atoms with Gasteiger partial charge in [0.15, 0.2) is 0 Å². The van der Waals surface area contributed by atoms with Crippen LogP contribution in [0.25, 0.3) is 0 Å². The molecule has 1 aromatic heterocycles. The van der Waals surface area contributed by atoms with Gasteiger partial charge in [-0.25, -0.2) is 0 Å². The van der Waals surface area contributed by atoms with E-state index in [0.29, 0.717) is 6.42 Å². The largest absolute Gasteiger partial charge is 0.326 e. The summed E-state index contributed by atoms with van der Waals surface area (Å²) in [6.07, 6.45) is 8.41. The molecule has 3 nitrogen and oxygen atoms in total. The van der Waals surface area contributed by atoms with Crippen molar-refractivity contribution in [3.8, 4) is 0 Å². The molecule has 0 bridgehead atoms. The van der Waals surface area contributed by atoms with Crippen LogP contribution in [0.1, 0.15) is 42.4 Å². The summed E-state index contributed by atoms with van der Waals surface area (Å²) in [5, 5.41) is 3.04. The van der Waals surface area contributed by atoms with Crippen LogP contribution in [0.4, 0.5) is 5.69 Å². The first kappa shape index (κ1) is 16.2. The fourth-order valence-electron chi connectivity index (χ4n) is 2.55. The van der Waals surface area contributed by atoms with Gasteiger partial charge in [-0.05, 0) is 55.9 Å². The summed E-state index contributed by atoms with van der Waals surface area (Å²) in [4.78, 5) is 16.1. The maximum atomic E-state index is 12.0. The summed E-state index contributed by atoms with van der Waals surface area (Å²) in [5.41, 5.74) is 4.46. The first-order valence-corrected chi connectivity index (χ1v) is 7.92. The third kappa shape index (κ3) is 4.99. The van der Waals surface area contributed by atoms with Crippen molar-refractivity contribution in [3.63, 3.8) is 0 Å². The lowest BCUT2D eigenvalue weighted by atomic mass is 10.1. The number of unbranched alkanes of at least 4 members (excludes halogenated alkanes) is 2. The number of hydrogen-bond donors (Lipinski definition) is 1. The molecule has 1 aromatic carbocycles. The van der Waals surface area contributed by atoms with E-state index in [1.54, 1.807) is 6.20 Å². The van der Waals surface area contributed by atoms with Gasteiger partial charge in [-0.15, -0.1) is 0 Å². The Bertz CT molecular complexity index is 588. The van der Waals surface area contributed by atoms with Crippen LogP contribution >= 0.6 is 0 Å². The molecule has 0 aliphatic rings. The summed E-state index contributed by atoms with van der Waals surface area (Å²) in [6.45, 7) is 4.05. The Morgan fingerprint density at radius 3 is 2.50 bits per heavy atom. The molecule has 116 valence electrons. The number of aryl methyl sites for hydroxylation is 3. The van der Waals surface area contributed by atoms with Crippen LogP contribution in [0.5, 0.6) is 0 Å². The third-order valence-corrected chi connectivity index (χ3v) is 3.84. The fourth-order valence-corrected chi connectivity index (χ4v) is 2.55. The molecule has 1 N–H and O–H groups in total. The van der Waals surface area contributed by atoms with Gasteiger partial charge in [0.1, 0.15) is 0 Å². The number of anilines is 1. The van der Waals surface area contributed by atoms with Crippen molar-refractivity contribution in [1.82, 2.24) is 4.98 Å². The molecule has 0 aliphatic heterocycles. The average molecular weight is 296 g/mol. The molecule has 2 rings (SSSR count). The molecule has 0 atom stereocenters. The lowest BCUT2D eigenvalue weighted by Crippen LogP contribution is -2.13. The second kappa shape index (κ2) is 8.32. The number of amides is 1.